The predicted octanol–water partition coefficient (Wildman–Crippen LogP) is 2.87. The van der Waals surface area contributed by atoms with Crippen molar-refractivity contribution in [2.45, 2.75) is 44.9 Å². The molecular weight excluding hydrogens is 290 g/mol. The molecule has 1 heterocycles. The lowest BCUT2D eigenvalue weighted by Crippen LogP contribution is -2.38. The smallest absolute Gasteiger partial charge is 0.0900 e. The molecule has 2 atom stereocenters. The van der Waals surface area contributed by atoms with Gasteiger partial charge in [0, 0.05) is 25.8 Å². The average molecular weight is 321 g/mol. The molecule has 23 heavy (non-hydrogen) atoms. The number of aliphatic hydroxyl groups excluding tert-OH is 1. The molecule has 1 fully saturated rings. The van der Waals surface area contributed by atoms with Crippen LogP contribution < -0.4 is 0 Å². The molecule has 0 aliphatic carbocycles. The fraction of sp³-hybridized carbons (Fsp3) is 0.684. The van der Waals surface area contributed by atoms with Crippen LogP contribution in [0.25, 0.3) is 0 Å². The van der Waals surface area contributed by atoms with E-state index in [0.717, 1.165) is 26.1 Å². The Hall–Kier alpha value is -0.940. The minimum Gasteiger partial charge on any atom is -0.389 e. The van der Waals surface area contributed by atoms with Crippen LogP contribution in [0.3, 0.4) is 0 Å². The maximum absolute atomic E-state index is 10.3. The SMILES string of the molecule is CC(C)C(c1ccccc1)N(C)CC(O)COC1CCOCC1. The van der Waals surface area contributed by atoms with E-state index in [-0.39, 0.29) is 6.10 Å². The fourth-order valence-corrected chi connectivity index (χ4v) is 3.39. The molecule has 0 radical (unpaired) electrons. The highest BCUT2D eigenvalue weighted by Crippen LogP contribution is 2.27. The van der Waals surface area contributed by atoms with Gasteiger partial charge in [0.05, 0.1) is 18.8 Å². The van der Waals surface area contributed by atoms with Gasteiger partial charge in [-0.15, -0.1) is 0 Å². The van der Waals surface area contributed by atoms with Crippen LogP contribution in [-0.4, -0.2) is 55.6 Å². The van der Waals surface area contributed by atoms with E-state index < -0.39 is 6.10 Å². The Bertz CT molecular complexity index is 432. The van der Waals surface area contributed by atoms with Gasteiger partial charge >= 0.3 is 0 Å². The van der Waals surface area contributed by atoms with Crippen molar-refractivity contribution in [3.63, 3.8) is 0 Å². The average Bonchev–Trinajstić information content (AvgIpc) is 2.54. The number of aliphatic hydroxyl groups is 1. The third kappa shape index (κ3) is 5.88. The van der Waals surface area contributed by atoms with Crippen LogP contribution in [0.2, 0.25) is 0 Å². The lowest BCUT2D eigenvalue weighted by atomic mass is 9.94. The lowest BCUT2D eigenvalue weighted by Gasteiger charge is -2.33. The summed E-state index contributed by atoms with van der Waals surface area (Å²) in [4.78, 5) is 2.23. The Labute approximate surface area is 140 Å². The number of nitrogens with zero attached hydrogens (tertiary/aromatic N) is 1. The molecule has 4 nitrogen and oxygen atoms in total. The van der Waals surface area contributed by atoms with Crippen molar-refractivity contribution < 1.29 is 14.6 Å². The Balaban J connectivity index is 1.84. The summed E-state index contributed by atoms with van der Waals surface area (Å²) in [6.45, 7) is 6.99. The molecule has 0 amide bonds. The largest absolute Gasteiger partial charge is 0.389 e. The van der Waals surface area contributed by atoms with E-state index in [1.54, 1.807) is 0 Å². The molecule has 0 spiro atoms. The van der Waals surface area contributed by atoms with E-state index >= 15 is 0 Å². The van der Waals surface area contributed by atoms with Gasteiger partial charge in [-0.1, -0.05) is 44.2 Å². The normalized spacial score (nSPS) is 19.2. The number of likely N-dealkylation sites (N-methyl/N-ethyl adjacent to an activating group) is 1. The molecule has 0 saturated carbocycles. The van der Waals surface area contributed by atoms with E-state index in [4.69, 9.17) is 9.47 Å². The topological polar surface area (TPSA) is 41.9 Å². The first kappa shape index (κ1) is 18.4. The molecule has 1 aliphatic heterocycles. The van der Waals surface area contributed by atoms with Gasteiger partial charge in [-0.25, -0.2) is 0 Å². The Kier molecular flexibility index (Phi) is 7.50. The molecule has 1 aliphatic rings. The van der Waals surface area contributed by atoms with Crippen molar-refractivity contribution in [2.75, 3.05) is 33.4 Å². The van der Waals surface area contributed by atoms with E-state index in [1.807, 2.05) is 6.07 Å². The van der Waals surface area contributed by atoms with Crippen LogP contribution in [0.5, 0.6) is 0 Å². The van der Waals surface area contributed by atoms with Crippen LogP contribution in [0.1, 0.15) is 38.3 Å². The summed E-state index contributed by atoms with van der Waals surface area (Å²) in [5.41, 5.74) is 1.29. The quantitative estimate of drug-likeness (QED) is 0.799. The van der Waals surface area contributed by atoms with Crippen molar-refractivity contribution in [3.8, 4) is 0 Å². The van der Waals surface area contributed by atoms with Crippen LogP contribution in [0.4, 0.5) is 0 Å². The Morgan fingerprint density at radius 1 is 1.22 bits per heavy atom. The highest BCUT2D eigenvalue weighted by molar-refractivity contribution is 5.19. The van der Waals surface area contributed by atoms with Gasteiger partial charge in [-0.3, -0.25) is 4.90 Å². The highest BCUT2D eigenvalue weighted by atomic mass is 16.5. The van der Waals surface area contributed by atoms with Crippen LogP contribution >= 0.6 is 0 Å². The molecule has 1 N–H and O–H groups in total. The second-order valence-electron chi connectivity index (χ2n) is 6.84. The monoisotopic (exact) mass is 321 g/mol. The number of rotatable bonds is 8. The zero-order valence-electron chi connectivity index (χ0n) is 14.6. The number of ether oxygens (including phenoxy) is 2. The van der Waals surface area contributed by atoms with E-state index in [2.05, 4.69) is 50.1 Å². The molecule has 1 saturated heterocycles. The van der Waals surface area contributed by atoms with Crippen molar-refractivity contribution in [2.24, 2.45) is 5.92 Å². The van der Waals surface area contributed by atoms with Crippen molar-refractivity contribution >= 4 is 0 Å². The minimum absolute atomic E-state index is 0.235. The Morgan fingerprint density at radius 2 is 1.87 bits per heavy atom. The number of hydrogen-bond donors (Lipinski definition) is 1. The molecule has 2 rings (SSSR count). The summed E-state index contributed by atoms with van der Waals surface area (Å²) >= 11 is 0. The van der Waals surface area contributed by atoms with Gasteiger partial charge in [-0.2, -0.15) is 0 Å². The summed E-state index contributed by atoms with van der Waals surface area (Å²) < 4.78 is 11.2. The van der Waals surface area contributed by atoms with Gasteiger partial charge in [0.15, 0.2) is 0 Å². The maximum atomic E-state index is 10.3. The van der Waals surface area contributed by atoms with Crippen molar-refractivity contribution in [1.29, 1.82) is 0 Å². The van der Waals surface area contributed by atoms with Gasteiger partial charge in [-0.05, 0) is 31.4 Å². The third-order valence-electron chi connectivity index (χ3n) is 4.44. The van der Waals surface area contributed by atoms with Gasteiger partial charge in [0.2, 0.25) is 0 Å². The molecular formula is C19H31NO3. The van der Waals surface area contributed by atoms with E-state index in [1.165, 1.54) is 5.56 Å². The summed E-state index contributed by atoms with van der Waals surface area (Å²) in [6.07, 6.45) is 1.63. The molecule has 0 aromatic heterocycles. The maximum Gasteiger partial charge on any atom is 0.0900 e. The van der Waals surface area contributed by atoms with Gasteiger partial charge in [0.1, 0.15) is 0 Å². The summed E-state index contributed by atoms with van der Waals surface area (Å²) in [5, 5.41) is 10.3. The van der Waals surface area contributed by atoms with Gasteiger partial charge in [0.25, 0.3) is 0 Å². The summed E-state index contributed by atoms with van der Waals surface area (Å²) in [7, 11) is 2.08. The highest BCUT2D eigenvalue weighted by Gasteiger charge is 2.23. The zero-order valence-corrected chi connectivity index (χ0v) is 14.6. The second kappa shape index (κ2) is 9.38. The van der Waals surface area contributed by atoms with Crippen molar-refractivity contribution in [3.05, 3.63) is 35.9 Å². The first-order valence-corrected chi connectivity index (χ1v) is 8.70. The minimum atomic E-state index is -0.465. The predicted molar refractivity (Wildman–Crippen MR) is 92.5 cm³/mol. The van der Waals surface area contributed by atoms with Crippen LogP contribution in [0.15, 0.2) is 30.3 Å². The van der Waals surface area contributed by atoms with E-state index in [0.29, 0.717) is 25.1 Å². The summed E-state index contributed by atoms with van der Waals surface area (Å²) in [6, 6.07) is 10.8. The molecule has 4 heteroatoms. The Morgan fingerprint density at radius 3 is 2.48 bits per heavy atom. The molecule has 130 valence electrons. The first-order valence-electron chi connectivity index (χ1n) is 8.70. The van der Waals surface area contributed by atoms with Gasteiger partial charge < -0.3 is 14.6 Å². The van der Waals surface area contributed by atoms with Crippen molar-refractivity contribution in [1.82, 2.24) is 4.90 Å². The summed E-state index contributed by atoms with van der Waals surface area (Å²) in [5.74, 6) is 0.478. The van der Waals surface area contributed by atoms with Crippen LogP contribution in [-0.2, 0) is 9.47 Å². The number of benzene rings is 1. The lowest BCUT2D eigenvalue weighted by molar-refractivity contribution is -0.0655. The molecule has 2 unspecified atom stereocenters. The molecule has 0 bridgehead atoms. The zero-order chi connectivity index (χ0) is 16.7. The second-order valence-corrected chi connectivity index (χ2v) is 6.84. The first-order chi connectivity index (χ1) is 11.1. The third-order valence-corrected chi connectivity index (χ3v) is 4.44. The van der Waals surface area contributed by atoms with E-state index in [9.17, 15) is 5.11 Å². The molecule has 1 aromatic carbocycles. The number of hydrogen-bond acceptors (Lipinski definition) is 4. The van der Waals surface area contributed by atoms with Crippen LogP contribution in [0, 0.1) is 5.92 Å². The standard InChI is InChI=1S/C19H31NO3/c1-15(2)19(16-7-5-4-6-8-16)20(3)13-17(21)14-23-18-9-11-22-12-10-18/h4-8,15,17-19,21H,9-14H2,1-3H3. The molecule has 1 aromatic rings. The fourth-order valence-electron chi connectivity index (χ4n) is 3.39.